The van der Waals surface area contributed by atoms with E-state index in [1.807, 2.05) is 12.1 Å². The van der Waals surface area contributed by atoms with Crippen molar-refractivity contribution in [3.8, 4) is 0 Å². The fourth-order valence-corrected chi connectivity index (χ4v) is 1.79. The van der Waals surface area contributed by atoms with E-state index in [0.29, 0.717) is 12.5 Å². The molecule has 1 unspecified atom stereocenters. The molecule has 1 heterocycles. The molecule has 4 heteroatoms. The van der Waals surface area contributed by atoms with E-state index in [-0.39, 0.29) is 12.6 Å². The number of aromatic nitrogens is 1. The SMILES string of the molecule is CC(C)CC(CO)NCc1ccc(Br)cn1. The summed E-state index contributed by atoms with van der Waals surface area (Å²) in [6.45, 7) is 5.18. The first kappa shape index (κ1) is 13.6. The predicted molar refractivity (Wildman–Crippen MR) is 69.1 cm³/mol. The largest absolute Gasteiger partial charge is 0.395 e. The number of aliphatic hydroxyl groups excluding tert-OH is 1. The van der Waals surface area contributed by atoms with Crippen molar-refractivity contribution in [3.05, 3.63) is 28.5 Å². The molecule has 0 aliphatic heterocycles. The molecule has 0 saturated heterocycles. The van der Waals surface area contributed by atoms with Crippen molar-refractivity contribution in [2.45, 2.75) is 32.9 Å². The van der Waals surface area contributed by atoms with Gasteiger partial charge in [0.25, 0.3) is 0 Å². The van der Waals surface area contributed by atoms with E-state index in [0.717, 1.165) is 16.6 Å². The van der Waals surface area contributed by atoms with Crippen LogP contribution in [0.3, 0.4) is 0 Å². The van der Waals surface area contributed by atoms with Crippen LogP contribution in [0.4, 0.5) is 0 Å². The Morgan fingerprint density at radius 3 is 2.69 bits per heavy atom. The first-order chi connectivity index (χ1) is 7.61. The molecule has 90 valence electrons. The van der Waals surface area contributed by atoms with Crippen LogP contribution < -0.4 is 5.32 Å². The van der Waals surface area contributed by atoms with Gasteiger partial charge in [-0.15, -0.1) is 0 Å². The molecular formula is C12H19BrN2O. The first-order valence-corrected chi connectivity index (χ1v) is 6.35. The van der Waals surface area contributed by atoms with Gasteiger partial charge >= 0.3 is 0 Å². The lowest BCUT2D eigenvalue weighted by atomic mass is 10.0. The summed E-state index contributed by atoms with van der Waals surface area (Å²) in [7, 11) is 0. The van der Waals surface area contributed by atoms with E-state index in [9.17, 15) is 5.11 Å². The zero-order valence-electron chi connectivity index (χ0n) is 9.78. The van der Waals surface area contributed by atoms with Crippen LogP contribution in [-0.2, 0) is 6.54 Å². The van der Waals surface area contributed by atoms with Crippen LogP contribution in [0.15, 0.2) is 22.8 Å². The number of halogens is 1. The molecule has 0 amide bonds. The zero-order chi connectivity index (χ0) is 12.0. The van der Waals surface area contributed by atoms with Crippen molar-refractivity contribution >= 4 is 15.9 Å². The highest BCUT2D eigenvalue weighted by Gasteiger charge is 2.09. The predicted octanol–water partition coefficient (Wildman–Crippen LogP) is 2.34. The van der Waals surface area contributed by atoms with Gasteiger partial charge in [-0.1, -0.05) is 13.8 Å². The minimum Gasteiger partial charge on any atom is -0.395 e. The van der Waals surface area contributed by atoms with Crippen molar-refractivity contribution in [1.82, 2.24) is 10.3 Å². The summed E-state index contributed by atoms with van der Waals surface area (Å²) in [5, 5.41) is 12.5. The average Bonchev–Trinajstić information content (AvgIpc) is 2.26. The second-order valence-electron chi connectivity index (χ2n) is 4.36. The van der Waals surface area contributed by atoms with Crippen molar-refractivity contribution in [2.75, 3.05) is 6.61 Å². The standard InChI is InChI=1S/C12H19BrN2O/c1-9(2)5-12(8-16)15-7-11-4-3-10(13)6-14-11/h3-4,6,9,12,15-16H,5,7-8H2,1-2H3. The van der Waals surface area contributed by atoms with Crippen LogP contribution in [0.2, 0.25) is 0 Å². The minimum atomic E-state index is 0.158. The molecule has 1 atom stereocenters. The van der Waals surface area contributed by atoms with E-state index in [4.69, 9.17) is 0 Å². The van der Waals surface area contributed by atoms with Gasteiger partial charge in [-0.3, -0.25) is 4.98 Å². The van der Waals surface area contributed by atoms with Crippen molar-refractivity contribution in [3.63, 3.8) is 0 Å². The smallest absolute Gasteiger partial charge is 0.0584 e. The molecule has 16 heavy (non-hydrogen) atoms. The number of aliphatic hydroxyl groups is 1. The summed E-state index contributed by atoms with van der Waals surface area (Å²) in [5.41, 5.74) is 0.991. The molecule has 0 aliphatic carbocycles. The van der Waals surface area contributed by atoms with E-state index < -0.39 is 0 Å². The van der Waals surface area contributed by atoms with Gasteiger partial charge in [0, 0.05) is 23.3 Å². The summed E-state index contributed by atoms with van der Waals surface area (Å²) in [6, 6.07) is 4.10. The van der Waals surface area contributed by atoms with Gasteiger partial charge < -0.3 is 10.4 Å². The maximum absolute atomic E-state index is 9.21. The Bertz CT molecular complexity index is 300. The lowest BCUT2D eigenvalue weighted by Gasteiger charge is -2.17. The molecule has 0 saturated carbocycles. The average molecular weight is 287 g/mol. The molecule has 0 radical (unpaired) electrons. The molecule has 3 nitrogen and oxygen atoms in total. The van der Waals surface area contributed by atoms with E-state index in [2.05, 4.69) is 40.1 Å². The van der Waals surface area contributed by atoms with E-state index in [1.54, 1.807) is 6.20 Å². The van der Waals surface area contributed by atoms with Crippen LogP contribution >= 0.6 is 15.9 Å². The highest BCUT2D eigenvalue weighted by Crippen LogP contribution is 2.08. The van der Waals surface area contributed by atoms with Gasteiger partial charge in [0.2, 0.25) is 0 Å². The van der Waals surface area contributed by atoms with Crippen LogP contribution in [0.25, 0.3) is 0 Å². The quantitative estimate of drug-likeness (QED) is 0.844. The Balaban J connectivity index is 2.40. The molecule has 1 rings (SSSR count). The maximum Gasteiger partial charge on any atom is 0.0584 e. The first-order valence-electron chi connectivity index (χ1n) is 5.56. The van der Waals surface area contributed by atoms with Crippen molar-refractivity contribution in [2.24, 2.45) is 5.92 Å². The van der Waals surface area contributed by atoms with Crippen LogP contribution in [0.1, 0.15) is 26.0 Å². The number of pyridine rings is 1. The second-order valence-corrected chi connectivity index (χ2v) is 5.27. The highest BCUT2D eigenvalue weighted by atomic mass is 79.9. The molecule has 0 bridgehead atoms. The third-order valence-corrected chi connectivity index (χ3v) is 2.81. The van der Waals surface area contributed by atoms with Gasteiger partial charge in [0.15, 0.2) is 0 Å². The Labute approximate surface area is 105 Å². The van der Waals surface area contributed by atoms with E-state index >= 15 is 0 Å². The number of nitrogens with zero attached hydrogens (tertiary/aromatic N) is 1. The van der Waals surface area contributed by atoms with Gasteiger partial charge in [-0.05, 0) is 40.4 Å². The van der Waals surface area contributed by atoms with Crippen LogP contribution in [0.5, 0.6) is 0 Å². The van der Waals surface area contributed by atoms with E-state index in [1.165, 1.54) is 0 Å². The molecule has 0 spiro atoms. The maximum atomic E-state index is 9.21. The molecule has 0 aliphatic rings. The monoisotopic (exact) mass is 286 g/mol. The van der Waals surface area contributed by atoms with Gasteiger partial charge in [0.05, 0.1) is 12.3 Å². The molecule has 0 aromatic carbocycles. The molecule has 1 aromatic heterocycles. The topological polar surface area (TPSA) is 45.1 Å². The molecule has 0 fully saturated rings. The Hall–Kier alpha value is -0.450. The normalized spacial score (nSPS) is 13.1. The summed E-state index contributed by atoms with van der Waals surface area (Å²) in [6.07, 6.45) is 2.76. The lowest BCUT2D eigenvalue weighted by Crippen LogP contribution is -2.33. The number of hydrogen-bond acceptors (Lipinski definition) is 3. The van der Waals surface area contributed by atoms with Crippen LogP contribution in [0, 0.1) is 5.92 Å². The summed E-state index contributed by atoms with van der Waals surface area (Å²) in [5.74, 6) is 0.586. The molecular weight excluding hydrogens is 268 g/mol. The van der Waals surface area contributed by atoms with Gasteiger partial charge in [-0.2, -0.15) is 0 Å². The summed E-state index contributed by atoms with van der Waals surface area (Å²) >= 11 is 3.35. The Morgan fingerprint density at radius 1 is 1.44 bits per heavy atom. The van der Waals surface area contributed by atoms with Crippen LogP contribution in [-0.4, -0.2) is 22.7 Å². The Kier molecular flexibility index (Phi) is 5.95. The fourth-order valence-electron chi connectivity index (χ4n) is 1.55. The summed E-state index contributed by atoms with van der Waals surface area (Å²) < 4.78 is 0.983. The fraction of sp³-hybridized carbons (Fsp3) is 0.583. The number of hydrogen-bond donors (Lipinski definition) is 2. The molecule has 2 N–H and O–H groups in total. The van der Waals surface area contributed by atoms with Crippen molar-refractivity contribution < 1.29 is 5.11 Å². The third kappa shape index (κ3) is 5.05. The van der Waals surface area contributed by atoms with Gasteiger partial charge in [-0.25, -0.2) is 0 Å². The lowest BCUT2D eigenvalue weighted by molar-refractivity contribution is 0.223. The zero-order valence-corrected chi connectivity index (χ0v) is 11.4. The number of rotatable bonds is 6. The second kappa shape index (κ2) is 6.99. The van der Waals surface area contributed by atoms with Gasteiger partial charge in [0.1, 0.15) is 0 Å². The summed E-state index contributed by atoms with van der Waals surface area (Å²) in [4.78, 5) is 4.27. The minimum absolute atomic E-state index is 0.158. The van der Waals surface area contributed by atoms with Crippen molar-refractivity contribution in [1.29, 1.82) is 0 Å². The molecule has 1 aromatic rings. The Morgan fingerprint density at radius 2 is 2.19 bits per heavy atom. The third-order valence-electron chi connectivity index (χ3n) is 2.34. The number of nitrogens with one attached hydrogen (secondary N) is 1. The highest BCUT2D eigenvalue weighted by molar-refractivity contribution is 9.10.